The van der Waals surface area contributed by atoms with Gasteiger partial charge in [-0.15, -0.1) is 11.3 Å². The number of furan rings is 2. The lowest BCUT2D eigenvalue weighted by Gasteiger charge is -2.10. The quantitative estimate of drug-likeness (QED) is 0.167. The van der Waals surface area contributed by atoms with E-state index in [0.717, 1.165) is 88.8 Å². The van der Waals surface area contributed by atoms with Gasteiger partial charge >= 0.3 is 0 Å². The molecule has 0 spiro atoms. The van der Waals surface area contributed by atoms with E-state index in [1.807, 2.05) is 47.7 Å². The summed E-state index contributed by atoms with van der Waals surface area (Å²) in [6.45, 7) is 0. The van der Waals surface area contributed by atoms with Crippen molar-refractivity contribution in [2.24, 2.45) is 0 Å². The summed E-state index contributed by atoms with van der Waals surface area (Å²) in [7, 11) is 0. The third-order valence-electron chi connectivity index (χ3n) is 14.0. The maximum absolute atomic E-state index is 6.60. The van der Waals surface area contributed by atoms with Crippen molar-refractivity contribution in [3.8, 4) is 61.8 Å². The van der Waals surface area contributed by atoms with Gasteiger partial charge < -0.3 is 13.4 Å². The van der Waals surface area contributed by atoms with Crippen molar-refractivity contribution >= 4 is 97.2 Å². The summed E-state index contributed by atoms with van der Waals surface area (Å²) >= 11 is 1.87. The highest BCUT2D eigenvalue weighted by Gasteiger charge is 2.20. The minimum atomic E-state index is 0.652. The number of hydrogen-bond donors (Lipinski definition) is 0. The van der Waals surface area contributed by atoms with Crippen molar-refractivity contribution in [1.82, 2.24) is 14.5 Å². The number of rotatable bonds is 6. The highest BCUT2D eigenvalue weighted by atomic mass is 32.1. The maximum atomic E-state index is 6.60. The fourth-order valence-corrected chi connectivity index (χ4v) is 12.0. The topological polar surface area (TPSA) is 57.0 Å². The molecular weight excluding hydrogens is 875 g/mol. The SMILES string of the molecule is c1ccc(-c2nc(-c3ccc4c(c3)oc3ccccc34)cc(-c3cccc4oc5ccc(-c6ccc7sc8c(-c9ccc%10c(c9)c9ccccc9n%10-c9ccccc9)cccc8c7c6)cc5c34)n2)cc1. The van der Waals surface area contributed by atoms with Crippen molar-refractivity contribution in [1.29, 1.82) is 0 Å². The molecule has 70 heavy (non-hydrogen) atoms. The van der Waals surface area contributed by atoms with Crippen LogP contribution in [0.25, 0.3) is 148 Å². The Morgan fingerprint density at radius 1 is 0.343 bits per heavy atom. The molecule has 6 heteroatoms. The zero-order valence-corrected chi connectivity index (χ0v) is 38.2. The molecule has 5 heterocycles. The average Bonchev–Trinajstić information content (AvgIpc) is 4.19. The Balaban J connectivity index is 0.847. The molecule has 0 amide bonds. The summed E-state index contributed by atoms with van der Waals surface area (Å²) in [5.74, 6) is 0.652. The highest BCUT2D eigenvalue weighted by Crippen LogP contribution is 2.45. The minimum absolute atomic E-state index is 0.652. The molecule has 326 valence electrons. The first-order valence-corrected chi connectivity index (χ1v) is 24.4. The number of para-hydroxylation sites is 3. The molecule has 5 aromatic heterocycles. The summed E-state index contributed by atoms with van der Waals surface area (Å²) < 4.78 is 17.9. The molecule has 15 rings (SSSR count). The van der Waals surface area contributed by atoms with Crippen molar-refractivity contribution < 1.29 is 8.83 Å². The number of thiophene rings is 1. The molecule has 0 radical (unpaired) electrons. The molecule has 0 bridgehead atoms. The molecule has 0 atom stereocenters. The van der Waals surface area contributed by atoms with Gasteiger partial charge in [0.25, 0.3) is 0 Å². The molecule has 0 N–H and O–H groups in total. The zero-order valence-electron chi connectivity index (χ0n) is 37.4. The summed E-state index contributed by atoms with van der Waals surface area (Å²) in [6.07, 6.45) is 0. The summed E-state index contributed by atoms with van der Waals surface area (Å²) in [5.41, 5.74) is 16.1. The van der Waals surface area contributed by atoms with Gasteiger partial charge in [-0.25, -0.2) is 9.97 Å². The van der Waals surface area contributed by atoms with Crippen molar-refractivity contribution in [3.63, 3.8) is 0 Å². The molecule has 0 unspecified atom stereocenters. The van der Waals surface area contributed by atoms with Crippen LogP contribution in [-0.2, 0) is 0 Å². The van der Waals surface area contributed by atoms with Crippen LogP contribution in [0.3, 0.4) is 0 Å². The molecule has 0 aliphatic carbocycles. The van der Waals surface area contributed by atoms with Gasteiger partial charge in [0.1, 0.15) is 22.3 Å². The molecule has 0 saturated carbocycles. The minimum Gasteiger partial charge on any atom is -0.456 e. The lowest BCUT2D eigenvalue weighted by molar-refractivity contribution is 0.668. The van der Waals surface area contributed by atoms with Crippen LogP contribution in [0.2, 0.25) is 0 Å². The monoisotopic (exact) mass is 911 g/mol. The Bertz CT molecular complexity index is 4600. The van der Waals surface area contributed by atoms with Crippen LogP contribution in [0.4, 0.5) is 0 Å². The molecule has 10 aromatic carbocycles. The van der Waals surface area contributed by atoms with Crippen LogP contribution in [-0.4, -0.2) is 14.5 Å². The average molecular weight is 912 g/mol. The van der Waals surface area contributed by atoms with Crippen LogP contribution in [0.1, 0.15) is 0 Å². The van der Waals surface area contributed by atoms with Crippen LogP contribution in [0.15, 0.2) is 233 Å². The zero-order chi connectivity index (χ0) is 45.9. The lowest BCUT2D eigenvalue weighted by atomic mass is 9.97. The summed E-state index contributed by atoms with van der Waals surface area (Å²) in [6, 6.07) is 79.6. The van der Waals surface area contributed by atoms with Gasteiger partial charge in [0.15, 0.2) is 5.82 Å². The fraction of sp³-hybridized carbons (Fsp3) is 0. The van der Waals surface area contributed by atoms with E-state index in [4.69, 9.17) is 18.8 Å². The van der Waals surface area contributed by atoms with Crippen LogP contribution >= 0.6 is 11.3 Å². The number of aromatic nitrogens is 3. The van der Waals surface area contributed by atoms with Crippen LogP contribution in [0, 0.1) is 0 Å². The predicted octanol–water partition coefficient (Wildman–Crippen LogP) is 18.1. The van der Waals surface area contributed by atoms with Gasteiger partial charge in [0.2, 0.25) is 0 Å². The summed E-state index contributed by atoms with van der Waals surface area (Å²) in [5, 5.41) is 9.25. The first-order chi connectivity index (χ1) is 34.7. The second-order valence-corrected chi connectivity index (χ2v) is 19.1. The van der Waals surface area contributed by atoms with Gasteiger partial charge in [-0.3, -0.25) is 0 Å². The van der Waals surface area contributed by atoms with Gasteiger partial charge in [0, 0.05) is 74.9 Å². The number of fused-ring (bicyclic) bond motifs is 12. The molecule has 0 aliphatic heterocycles. The van der Waals surface area contributed by atoms with Crippen LogP contribution in [0.5, 0.6) is 0 Å². The Labute approximate surface area is 404 Å². The van der Waals surface area contributed by atoms with Gasteiger partial charge in [-0.05, 0) is 107 Å². The highest BCUT2D eigenvalue weighted by molar-refractivity contribution is 7.26. The maximum Gasteiger partial charge on any atom is 0.160 e. The molecule has 0 fully saturated rings. The van der Waals surface area contributed by atoms with Crippen molar-refractivity contribution in [3.05, 3.63) is 224 Å². The van der Waals surface area contributed by atoms with Crippen molar-refractivity contribution in [2.75, 3.05) is 0 Å². The first-order valence-electron chi connectivity index (χ1n) is 23.5. The third kappa shape index (κ3) is 6.03. The first kappa shape index (κ1) is 38.9. The second-order valence-electron chi connectivity index (χ2n) is 18.0. The number of nitrogens with zero attached hydrogens (tertiary/aromatic N) is 3. The van der Waals surface area contributed by atoms with Gasteiger partial charge in [-0.1, -0.05) is 140 Å². The van der Waals surface area contributed by atoms with Gasteiger partial charge in [0.05, 0.1) is 22.4 Å². The fourth-order valence-electron chi connectivity index (χ4n) is 10.8. The molecule has 15 aromatic rings. The van der Waals surface area contributed by atoms with Crippen molar-refractivity contribution in [2.45, 2.75) is 0 Å². The van der Waals surface area contributed by atoms with E-state index in [1.54, 1.807) is 0 Å². The standard InChI is InChI=1S/C64H37N3O2S/c1-3-13-38(14-4-1)64-65-53(42-25-29-47-46-18-8-10-23-57(46)69-60(47)36-42)37-54(66-64)49-21-12-24-59-62(49)52-34-39(27-31-58(52)68-59)40-28-32-61-51(33-40)48-20-11-19-44(63(48)70-61)41-26-30-56-50(35-41)45-17-7-9-22-55(45)67(56)43-15-5-2-6-16-43/h1-37H. The normalized spacial score (nSPS) is 12.0. The van der Waals surface area contributed by atoms with E-state index in [2.05, 4.69) is 193 Å². The molecular formula is C64H37N3O2S. The Kier molecular flexibility index (Phi) is 8.46. The van der Waals surface area contributed by atoms with E-state index in [0.29, 0.717) is 5.82 Å². The van der Waals surface area contributed by atoms with E-state index in [1.165, 1.54) is 53.1 Å². The Hall–Kier alpha value is -9.10. The number of hydrogen-bond acceptors (Lipinski definition) is 5. The van der Waals surface area contributed by atoms with Gasteiger partial charge in [-0.2, -0.15) is 0 Å². The van der Waals surface area contributed by atoms with E-state index in [9.17, 15) is 0 Å². The Morgan fingerprint density at radius 3 is 1.87 bits per heavy atom. The molecule has 0 aliphatic rings. The lowest BCUT2D eigenvalue weighted by Crippen LogP contribution is -1.96. The van der Waals surface area contributed by atoms with E-state index in [-0.39, 0.29) is 0 Å². The Morgan fingerprint density at radius 2 is 0.971 bits per heavy atom. The summed E-state index contributed by atoms with van der Waals surface area (Å²) in [4.78, 5) is 10.4. The number of benzene rings is 10. The van der Waals surface area contributed by atoms with E-state index >= 15 is 0 Å². The molecule has 0 saturated heterocycles. The third-order valence-corrected chi connectivity index (χ3v) is 15.3. The van der Waals surface area contributed by atoms with Crippen LogP contribution < -0.4 is 0 Å². The van der Waals surface area contributed by atoms with E-state index < -0.39 is 0 Å². The largest absolute Gasteiger partial charge is 0.456 e. The molecule has 5 nitrogen and oxygen atoms in total. The second kappa shape index (κ2) is 15.2. The smallest absolute Gasteiger partial charge is 0.160 e. The predicted molar refractivity (Wildman–Crippen MR) is 291 cm³/mol.